The van der Waals surface area contributed by atoms with Crippen molar-refractivity contribution in [3.05, 3.63) is 0 Å². The Morgan fingerprint density at radius 2 is 2.06 bits per heavy atom. The van der Waals surface area contributed by atoms with Crippen molar-refractivity contribution in [2.24, 2.45) is 17.6 Å². The average Bonchev–Trinajstić information content (AvgIpc) is 2.75. The number of halogens is 1. The van der Waals surface area contributed by atoms with Gasteiger partial charge < -0.3 is 16.4 Å². The molecule has 2 amide bonds. The minimum absolute atomic E-state index is 0. The quantitative estimate of drug-likeness (QED) is 0.669. The number of amides is 2. The lowest BCUT2D eigenvalue weighted by Gasteiger charge is -2.20. The van der Waals surface area contributed by atoms with E-state index in [1.54, 1.807) is 14.0 Å². The largest absolute Gasteiger partial charge is 0.357 e. The number of rotatable bonds is 4. The third-order valence-electron chi connectivity index (χ3n) is 3.30. The van der Waals surface area contributed by atoms with Gasteiger partial charge in [-0.15, -0.1) is 12.4 Å². The molecule has 0 saturated heterocycles. The zero-order valence-electron chi connectivity index (χ0n) is 10.4. The summed E-state index contributed by atoms with van der Waals surface area (Å²) in [6.45, 7) is 2.23. The summed E-state index contributed by atoms with van der Waals surface area (Å²) >= 11 is 0. The molecule has 0 bridgehead atoms. The van der Waals surface area contributed by atoms with E-state index in [1.807, 2.05) is 0 Å². The molecule has 5 nitrogen and oxygen atoms in total. The maximum atomic E-state index is 11.9. The van der Waals surface area contributed by atoms with Crippen LogP contribution in [-0.4, -0.2) is 31.4 Å². The number of nitrogens with one attached hydrogen (secondary N) is 2. The molecule has 0 radical (unpaired) electrons. The molecule has 0 aromatic rings. The first-order valence-electron chi connectivity index (χ1n) is 5.82. The van der Waals surface area contributed by atoms with Crippen LogP contribution in [0.2, 0.25) is 0 Å². The number of hydrogen-bond donors (Lipinski definition) is 3. The molecule has 1 aliphatic carbocycles. The molecule has 4 N–H and O–H groups in total. The predicted molar refractivity (Wildman–Crippen MR) is 68.8 cm³/mol. The normalized spacial score (nSPS) is 24.6. The van der Waals surface area contributed by atoms with Crippen molar-refractivity contribution in [1.82, 2.24) is 10.6 Å². The minimum atomic E-state index is -0.475. The van der Waals surface area contributed by atoms with Gasteiger partial charge in [-0.05, 0) is 32.2 Å². The zero-order valence-corrected chi connectivity index (χ0v) is 11.2. The summed E-state index contributed by atoms with van der Waals surface area (Å²) in [6.07, 6.45) is 2.95. The van der Waals surface area contributed by atoms with E-state index in [9.17, 15) is 9.59 Å². The number of hydrogen-bond acceptors (Lipinski definition) is 3. The van der Waals surface area contributed by atoms with Gasteiger partial charge >= 0.3 is 0 Å². The second kappa shape index (κ2) is 7.50. The Morgan fingerprint density at radius 1 is 1.41 bits per heavy atom. The molecule has 1 saturated carbocycles. The lowest BCUT2D eigenvalue weighted by molar-refractivity contribution is -0.131. The molecule has 0 aliphatic heterocycles. The third-order valence-corrected chi connectivity index (χ3v) is 3.30. The van der Waals surface area contributed by atoms with Gasteiger partial charge in [-0.3, -0.25) is 9.59 Å². The summed E-state index contributed by atoms with van der Waals surface area (Å²) in [7, 11) is 1.56. The molecule has 0 heterocycles. The van der Waals surface area contributed by atoms with E-state index in [0.717, 1.165) is 19.3 Å². The van der Waals surface area contributed by atoms with Gasteiger partial charge in [-0.2, -0.15) is 0 Å². The predicted octanol–water partition coefficient (Wildman–Crippen LogP) is 0.0339. The maximum Gasteiger partial charge on any atom is 0.242 e. The van der Waals surface area contributed by atoms with E-state index in [2.05, 4.69) is 10.6 Å². The summed E-state index contributed by atoms with van der Waals surface area (Å²) in [5, 5.41) is 5.24. The fraction of sp³-hybridized carbons (Fsp3) is 0.818. The van der Waals surface area contributed by atoms with E-state index in [0.29, 0.717) is 6.54 Å². The second-order valence-corrected chi connectivity index (χ2v) is 4.38. The molecule has 6 heteroatoms. The summed E-state index contributed by atoms with van der Waals surface area (Å²) in [5.41, 5.74) is 5.62. The van der Waals surface area contributed by atoms with Crippen molar-refractivity contribution < 1.29 is 9.59 Å². The van der Waals surface area contributed by atoms with Gasteiger partial charge in [0.05, 0.1) is 0 Å². The monoisotopic (exact) mass is 263 g/mol. The number of carbonyl (C=O) groups is 2. The Labute approximate surface area is 108 Å². The molecule has 1 rings (SSSR count). The van der Waals surface area contributed by atoms with Crippen molar-refractivity contribution >= 4 is 24.2 Å². The van der Waals surface area contributed by atoms with Crippen LogP contribution in [0, 0.1) is 11.8 Å². The summed E-state index contributed by atoms with van der Waals surface area (Å²) in [6, 6.07) is -0.475. The first-order chi connectivity index (χ1) is 7.60. The van der Waals surface area contributed by atoms with Crippen LogP contribution in [-0.2, 0) is 9.59 Å². The Bertz CT molecular complexity index is 273. The minimum Gasteiger partial charge on any atom is -0.357 e. The van der Waals surface area contributed by atoms with Crippen LogP contribution in [0.25, 0.3) is 0 Å². The van der Waals surface area contributed by atoms with Crippen LogP contribution in [0.1, 0.15) is 26.2 Å². The Morgan fingerprint density at radius 3 is 2.59 bits per heavy atom. The van der Waals surface area contributed by atoms with Gasteiger partial charge in [0, 0.05) is 13.0 Å². The van der Waals surface area contributed by atoms with Crippen molar-refractivity contribution in [2.45, 2.75) is 32.2 Å². The first-order valence-corrected chi connectivity index (χ1v) is 5.82. The van der Waals surface area contributed by atoms with Gasteiger partial charge in [0.15, 0.2) is 0 Å². The van der Waals surface area contributed by atoms with Gasteiger partial charge in [0.2, 0.25) is 11.8 Å². The number of likely N-dealkylation sites (N-methyl/N-ethyl adjacent to an activating group) is 1. The summed E-state index contributed by atoms with van der Waals surface area (Å²) in [5.74, 6) is 0.0497. The maximum absolute atomic E-state index is 11.9. The van der Waals surface area contributed by atoms with E-state index in [4.69, 9.17) is 5.73 Å². The lowest BCUT2D eigenvalue weighted by atomic mass is 9.95. The van der Waals surface area contributed by atoms with E-state index in [-0.39, 0.29) is 36.1 Å². The zero-order chi connectivity index (χ0) is 12.1. The standard InChI is InChI=1S/C11H21N3O2.ClH/c1-7(10(15)13-2)14-11(16)9-5-3-4-8(9)6-12;/h7-9H,3-6,12H2,1-2H3,(H,13,15)(H,14,16);1H/t7-,8-,9-;/m1./s1. The molecule has 3 atom stereocenters. The van der Waals surface area contributed by atoms with E-state index in [1.165, 1.54) is 0 Å². The molecule has 0 spiro atoms. The molecule has 0 aromatic carbocycles. The second-order valence-electron chi connectivity index (χ2n) is 4.38. The number of carbonyl (C=O) groups excluding carboxylic acids is 2. The van der Waals surface area contributed by atoms with Crippen LogP contribution in [0.3, 0.4) is 0 Å². The van der Waals surface area contributed by atoms with Crippen molar-refractivity contribution in [3.8, 4) is 0 Å². The molecule has 100 valence electrons. The molecular weight excluding hydrogens is 242 g/mol. The molecule has 1 fully saturated rings. The van der Waals surface area contributed by atoms with Gasteiger partial charge in [-0.1, -0.05) is 6.42 Å². The highest BCUT2D eigenvalue weighted by Crippen LogP contribution is 2.30. The fourth-order valence-corrected chi connectivity index (χ4v) is 2.27. The average molecular weight is 264 g/mol. The lowest BCUT2D eigenvalue weighted by Crippen LogP contribution is -2.46. The van der Waals surface area contributed by atoms with Crippen molar-refractivity contribution in [3.63, 3.8) is 0 Å². The van der Waals surface area contributed by atoms with Crippen LogP contribution in [0.5, 0.6) is 0 Å². The van der Waals surface area contributed by atoms with Gasteiger partial charge in [-0.25, -0.2) is 0 Å². The Balaban J connectivity index is 0.00000256. The highest BCUT2D eigenvalue weighted by molar-refractivity contribution is 5.88. The summed E-state index contributed by atoms with van der Waals surface area (Å²) in [4.78, 5) is 23.2. The SMILES string of the molecule is CNC(=O)[C@@H](C)NC(=O)[C@@H]1CCC[C@@H]1CN.Cl. The highest BCUT2D eigenvalue weighted by Gasteiger charge is 2.32. The molecule has 1 aliphatic rings. The van der Waals surface area contributed by atoms with Crippen LogP contribution < -0.4 is 16.4 Å². The van der Waals surface area contributed by atoms with E-state index >= 15 is 0 Å². The Hall–Kier alpha value is -0.810. The van der Waals surface area contributed by atoms with Crippen LogP contribution >= 0.6 is 12.4 Å². The topological polar surface area (TPSA) is 84.2 Å². The van der Waals surface area contributed by atoms with E-state index < -0.39 is 6.04 Å². The molecule has 0 aromatic heterocycles. The Kier molecular flexibility index (Phi) is 7.15. The van der Waals surface area contributed by atoms with Gasteiger partial charge in [0.25, 0.3) is 0 Å². The fourth-order valence-electron chi connectivity index (χ4n) is 2.27. The van der Waals surface area contributed by atoms with Crippen molar-refractivity contribution in [2.75, 3.05) is 13.6 Å². The molecule has 0 unspecified atom stereocenters. The first kappa shape index (κ1) is 16.2. The smallest absolute Gasteiger partial charge is 0.242 e. The van der Waals surface area contributed by atoms with Crippen molar-refractivity contribution in [1.29, 1.82) is 0 Å². The number of nitrogens with two attached hydrogens (primary N) is 1. The van der Waals surface area contributed by atoms with Gasteiger partial charge in [0.1, 0.15) is 6.04 Å². The third kappa shape index (κ3) is 4.16. The highest BCUT2D eigenvalue weighted by atomic mass is 35.5. The molecular formula is C11H22ClN3O2. The van der Waals surface area contributed by atoms with Crippen LogP contribution in [0.4, 0.5) is 0 Å². The van der Waals surface area contributed by atoms with Crippen LogP contribution in [0.15, 0.2) is 0 Å². The molecule has 17 heavy (non-hydrogen) atoms. The summed E-state index contributed by atoms with van der Waals surface area (Å²) < 4.78 is 0.